The highest BCUT2D eigenvalue weighted by Gasteiger charge is 2.32. The van der Waals surface area contributed by atoms with E-state index in [2.05, 4.69) is 36.3 Å². The molecule has 1 amide bonds. The molecule has 1 N–H and O–H groups in total. The fraction of sp³-hybridized carbons (Fsp3) is 0.632. The van der Waals surface area contributed by atoms with E-state index in [9.17, 15) is 4.79 Å². The predicted molar refractivity (Wildman–Crippen MR) is 98.4 cm³/mol. The minimum absolute atomic E-state index is 0.136. The molecule has 2 aromatic heterocycles. The third kappa shape index (κ3) is 3.67. The second-order valence-electron chi connectivity index (χ2n) is 8.35. The Morgan fingerprint density at radius 3 is 2.81 bits per heavy atom. The van der Waals surface area contributed by atoms with Crippen LogP contribution in [0.4, 0.5) is 5.69 Å². The number of carbonyl (C=O) groups is 1. The summed E-state index contributed by atoms with van der Waals surface area (Å²) in [4.78, 5) is 12.7. The quantitative estimate of drug-likeness (QED) is 0.892. The smallest absolute Gasteiger partial charge is 0.276 e. The summed E-state index contributed by atoms with van der Waals surface area (Å²) in [5.74, 6) is 0.351. The molecule has 1 atom stereocenters. The number of nitrogens with one attached hydrogen (secondary N) is 1. The van der Waals surface area contributed by atoms with Gasteiger partial charge in [-0.3, -0.25) is 14.2 Å². The van der Waals surface area contributed by atoms with Crippen molar-refractivity contribution in [2.75, 3.05) is 11.9 Å². The van der Waals surface area contributed by atoms with E-state index in [-0.39, 0.29) is 17.6 Å². The van der Waals surface area contributed by atoms with Gasteiger partial charge in [0, 0.05) is 24.4 Å². The van der Waals surface area contributed by atoms with Crippen LogP contribution in [0, 0.1) is 0 Å². The van der Waals surface area contributed by atoms with Gasteiger partial charge in [0.25, 0.3) is 5.91 Å². The van der Waals surface area contributed by atoms with Crippen molar-refractivity contribution in [3.8, 4) is 0 Å². The molecule has 1 aliphatic carbocycles. The van der Waals surface area contributed by atoms with E-state index in [4.69, 9.17) is 4.74 Å². The Morgan fingerprint density at radius 1 is 1.35 bits per heavy atom. The first kappa shape index (κ1) is 17.3. The zero-order valence-corrected chi connectivity index (χ0v) is 15.7. The second kappa shape index (κ2) is 6.54. The van der Waals surface area contributed by atoms with Gasteiger partial charge in [0.2, 0.25) is 0 Å². The normalized spacial score (nSPS) is 20.5. The first-order valence-corrected chi connectivity index (χ1v) is 9.46. The molecule has 7 heteroatoms. The molecule has 1 unspecified atom stereocenters. The third-order valence-corrected chi connectivity index (χ3v) is 4.91. The molecule has 2 aromatic rings. The molecular formula is C19H27N5O2. The maximum absolute atomic E-state index is 12.7. The summed E-state index contributed by atoms with van der Waals surface area (Å²) in [6.45, 7) is 7.89. The number of amides is 1. The minimum Gasteiger partial charge on any atom is -0.376 e. The first-order chi connectivity index (χ1) is 12.4. The minimum atomic E-state index is -0.188. The molecule has 2 fully saturated rings. The Hall–Kier alpha value is -2.15. The second-order valence-corrected chi connectivity index (χ2v) is 8.35. The number of anilines is 1. The average Bonchev–Trinajstić information content (AvgIpc) is 3.01. The Balaban J connectivity index is 1.45. The van der Waals surface area contributed by atoms with Gasteiger partial charge in [-0.05, 0) is 52.5 Å². The van der Waals surface area contributed by atoms with Crippen molar-refractivity contribution in [1.82, 2.24) is 19.6 Å². The lowest BCUT2D eigenvalue weighted by Crippen LogP contribution is -2.25. The maximum Gasteiger partial charge on any atom is 0.276 e. The van der Waals surface area contributed by atoms with Gasteiger partial charge in [-0.2, -0.15) is 10.2 Å². The molecule has 0 bridgehead atoms. The highest BCUT2D eigenvalue weighted by molar-refractivity contribution is 6.02. The Labute approximate surface area is 153 Å². The molecule has 0 radical (unpaired) electrons. The molecule has 140 valence electrons. The van der Waals surface area contributed by atoms with Crippen molar-refractivity contribution in [1.29, 1.82) is 0 Å². The fourth-order valence-corrected chi connectivity index (χ4v) is 3.43. The van der Waals surface area contributed by atoms with Crippen LogP contribution < -0.4 is 5.32 Å². The monoisotopic (exact) mass is 357 g/mol. The summed E-state index contributed by atoms with van der Waals surface area (Å²) < 4.78 is 9.46. The summed E-state index contributed by atoms with van der Waals surface area (Å²) >= 11 is 0. The van der Waals surface area contributed by atoms with Gasteiger partial charge < -0.3 is 10.1 Å². The van der Waals surface area contributed by atoms with Crippen molar-refractivity contribution in [3.63, 3.8) is 0 Å². The lowest BCUT2D eigenvalue weighted by atomic mass is 10.1. The summed E-state index contributed by atoms with van der Waals surface area (Å²) in [6.07, 6.45) is 8.28. The third-order valence-electron chi connectivity index (χ3n) is 4.91. The van der Waals surface area contributed by atoms with Crippen molar-refractivity contribution >= 4 is 11.6 Å². The number of rotatable bonds is 5. The summed E-state index contributed by atoms with van der Waals surface area (Å²) in [6, 6.07) is 1.94. The van der Waals surface area contributed by atoms with E-state index in [1.54, 1.807) is 6.20 Å². The zero-order valence-electron chi connectivity index (χ0n) is 15.7. The largest absolute Gasteiger partial charge is 0.376 e. The predicted octanol–water partition coefficient (Wildman–Crippen LogP) is 3.14. The summed E-state index contributed by atoms with van der Waals surface area (Å²) in [5.41, 5.74) is 2.18. The average molecular weight is 357 g/mol. The van der Waals surface area contributed by atoms with Crippen LogP contribution >= 0.6 is 0 Å². The zero-order chi connectivity index (χ0) is 18.3. The highest BCUT2D eigenvalue weighted by atomic mass is 16.5. The van der Waals surface area contributed by atoms with E-state index in [0.29, 0.717) is 17.3 Å². The van der Waals surface area contributed by atoms with Crippen LogP contribution in [0.3, 0.4) is 0 Å². The van der Waals surface area contributed by atoms with Crippen LogP contribution in [0.1, 0.15) is 68.6 Å². The van der Waals surface area contributed by atoms with Crippen LogP contribution in [-0.2, 0) is 16.8 Å². The Morgan fingerprint density at radius 2 is 2.15 bits per heavy atom. The van der Waals surface area contributed by atoms with Crippen LogP contribution in [0.25, 0.3) is 0 Å². The topological polar surface area (TPSA) is 74.0 Å². The molecule has 1 saturated heterocycles. The molecule has 2 aliphatic rings. The van der Waals surface area contributed by atoms with E-state index >= 15 is 0 Å². The number of ether oxygens (including phenoxy) is 1. The Kier molecular flexibility index (Phi) is 4.34. The molecule has 3 heterocycles. The Bertz CT molecular complexity index is 791. The molecule has 1 saturated carbocycles. The van der Waals surface area contributed by atoms with Gasteiger partial charge in [-0.1, -0.05) is 0 Å². The number of nitrogens with zero attached hydrogens (tertiary/aromatic N) is 4. The molecular weight excluding hydrogens is 330 g/mol. The van der Waals surface area contributed by atoms with Crippen LogP contribution in [-0.4, -0.2) is 38.2 Å². The maximum atomic E-state index is 12.7. The van der Waals surface area contributed by atoms with E-state index in [1.807, 2.05) is 21.6 Å². The summed E-state index contributed by atoms with van der Waals surface area (Å²) in [5, 5.41) is 11.8. The van der Waals surface area contributed by atoms with Gasteiger partial charge in [-0.15, -0.1) is 0 Å². The molecule has 4 rings (SSSR count). The van der Waals surface area contributed by atoms with Crippen molar-refractivity contribution in [2.45, 2.75) is 70.6 Å². The highest BCUT2D eigenvalue weighted by Crippen LogP contribution is 2.41. The van der Waals surface area contributed by atoms with E-state index in [0.717, 1.165) is 31.7 Å². The van der Waals surface area contributed by atoms with Gasteiger partial charge in [0.15, 0.2) is 5.69 Å². The number of aromatic nitrogens is 4. The molecule has 7 nitrogen and oxygen atoms in total. The lowest BCUT2D eigenvalue weighted by molar-refractivity contribution is 0.0940. The fourth-order valence-electron chi connectivity index (χ4n) is 3.43. The lowest BCUT2D eigenvalue weighted by Gasteiger charge is -2.22. The van der Waals surface area contributed by atoms with Crippen LogP contribution in [0.2, 0.25) is 0 Å². The first-order valence-electron chi connectivity index (χ1n) is 9.46. The van der Waals surface area contributed by atoms with Gasteiger partial charge >= 0.3 is 0 Å². The van der Waals surface area contributed by atoms with Crippen LogP contribution in [0.5, 0.6) is 0 Å². The standard InChI is InChI=1S/C19H27N5O2/c1-19(2,3)24-17(13-6-7-13)9-16(22-24)18(25)21-14-10-20-23(11-14)12-15-5-4-8-26-15/h9-11,13,15H,4-8,12H2,1-3H3,(H,21,25). The molecule has 0 spiro atoms. The summed E-state index contributed by atoms with van der Waals surface area (Å²) in [7, 11) is 0. The van der Waals surface area contributed by atoms with E-state index in [1.165, 1.54) is 12.8 Å². The molecule has 1 aliphatic heterocycles. The van der Waals surface area contributed by atoms with E-state index < -0.39 is 0 Å². The van der Waals surface area contributed by atoms with Crippen LogP contribution in [0.15, 0.2) is 18.5 Å². The van der Waals surface area contributed by atoms with Crippen molar-refractivity contribution in [2.24, 2.45) is 0 Å². The van der Waals surface area contributed by atoms with Gasteiger partial charge in [0.05, 0.1) is 30.1 Å². The molecule has 26 heavy (non-hydrogen) atoms. The van der Waals surface area contributed by atoms with Crippen molar-refractivity contribution in [3.05, 3.63) is 29.8 Å². The SMILES string of the molecule is CC(C)(C)n1nc(C(=O)Nc2cnn(CC3CCCO3)c2)cc1C1CC1. The van der Waals surface area contributed by atoms with Gasteiger partial charge in [0.1, 0.15) is 0 Å². The van der Waals surface area contributed by atoms with Crippen molar-refractivity contribution < 1.29 is 9.53 Å². The number of hydrogen-bond acceptors (Lipinski definition) is 4. The molecule has 0 aromatic carbocycles. The number of carbonyl (C=O) groups excluding carboxylic acids is 1. The van der Waals surface area contributed by atoms with Gasteiger partial charge in [-0.25, -0.2) is 0 Å². The number of hydrogen-bond donors (Lipinski definition) is 1.